The highest BCUT2D eigenvalue weighted by Crippen LogP contribution is 2.18. The average Bonchev–Trinajstić information content (AvgIpc) is 2.27. The number of esters is 1. The topological polar surface area (TPSA) is 43.4 Å². The molecule has 0 aliphatic rings. The number of aldehydes is 1. The molecular weight excluding hydrogens is 212 g/mol. The zero-order valence-corrected chi connectivity index (χ0v) is 9.25. The number of carbonyl (C=O) groups excluding carboxylic acids is 2. The van der Waals surface area contributed by atoms with Gasteiger partial charge in [0.1, 0.15) is 6.29 Å². The lowest BCUT2D eigenvalue weighted by Crippen LogP contribution is -2.06. The summed E-state index contributed by atoms with van der Waals surface area (Å²) in [5, 5.41) is 0. The summed E-state index contributed by atoms with van der Waals surface area (Å²) < 4.78 is 4.79. The third-order valence-electron chi connectivity index (χ3n) is 1.66. The molecule has 0 heterocycles. The SMILES string of the molecule is CCOC(=O)CSc1cccc(C=O)c1. The van der Waals surface area contributed by atoms with Crippen LogP contribution in [0.5, 0.6) is 0 Å². The molecule has 15 heavy (non-hydrogen) atoms. The van der Waals surface area contributed by atoms with Crippen molar-refractivity contribution in [2.75, 3.05) is 12.4 Å². The zero-order chi connectivity index (χ0) is 11.1. The van der Waals surface area contributed by atoms with Gasteiger partial charge in [-0.05, 0) is 19.1 Å². The summed E-state index contributed by atoms with van der Waals surface area (Å²) >= 11 is 1.36. The van der Waals surface area contributed by atoms with Crippen LogP contribution in [0.4, 0.5) is 0 Å². The molecule has 0 aliphatic heterocycles. The fourth-order valence-corrected chi connectivity index (χ4v) is 1.78. The first kappa shape index (κ1) is 11.8. The van der Waals surface area contributed by atoms with E-state index < -0.39 is 0 Å². The Morgan fingerprint density at radius 1 is 1.53 bits per heavy atom. The maximum Gasteiger partial charge on any atom is 0.316 e. The van der Waals surface area contributed by atoms with E-state index in [1.54, 1.807) is 25.1 Å². The monoisotopic (exact) mass is 224 g/mol. The van der Waals surface area contributed by atoms with E-state index in [4.69, 9.17) is 4.74 Å². The number of ether oxygens (including phenoxy) is 1. The maximum absolute atomic E-state index is 11.1. The Kier molecular flexibility index (Phi) is 4.90. The van der Waals surface area contributed by atoms with Gasteiger partial charge in [-0.1, -0.05) is 12.1 Å². The molecule has 0 aromatic heterocycles. The van der Waals surface area contributed by atoms with Crippen molar-refractivity contribution in [2.45, 2.75) is 11.8 Å². The highest BCUT2D eigenvalue weighted by Gasteiger charge is 2.03. The predicted molar refractivity (Wildman–Crippen MR) is 59.2 cm³/mol. The molecule has 80 valence electrons. The number of carbonyl (C=O) groups is 2. The Hall–Kier alpha value is -1.29. The van der Waals surface area contributed by atoms with Crippen LogP contribution >= 0.6 is 11.8 Å². The van der Waals surface area contributed by atoms with E-state index in [-0.39, 0.29) is 11.7 Å². The molecule has 3 nitrogen and oxygen atoms in total. The van der Waals surface area contributed by atoms with Gasteiger partial charge in [-0.15, -0.1) is 11.8 Å². The minimum Gasteiger partial charge on any atom is -0.465 e. The first-order valence-corrected chi connectivity index (χ1v) is 5.58. The van der Waals surface area contributed by atoms with Crippen LogP contribution in [0.3, 0.4) is 0 Å². The minimum absolute atomic E-state index is 0.237. The number of thioether (sulfide) groups is 1. The molecule has 1 aromatic rings. The molecule has 1 rings (SSSR count). The largest absolute Gasteiger partial charge is 0.465 e. The Morgan fingerprint density at radius 2 is 2.33 bits per heavy atom. The average molecular weight is 224 g/mol. The lowest BCUT2D eigenvalue weighted by atomic mass is 10.2. The summed E-state index contributed by atoms with van der Waals surface area (Å²) in [6.07, 6.45) is 0.786. The van der Waals surface area contributed by atoms with E-state index in [9.17, 15) is 9.59 Å². The minimum atomic E-state index is -0.237. The zero-order valence-electron chi connectivity index (χ0n) is 8.43. The summed E-state index contributed by atoms with van der Waals surface area (Å²) in [6.45, 7) is 2.17. The Bertz CT molecular complexity index is 349. The number of rotatable bonds is 5. The second-order valence-corrected chi connectivity index (χ2v) is 3.83. The molecule has 4 heteroatoms. The van der Waals surface area contributed by atoms with Crippen LogP contribution in [-0.4, -0.2) is 24.6 Å². The van der Waals surface area contributed by atoms with Crippen molar-refractivity contribution >= 4 is 24.0 Å². The fourth-order valence-electron chi connectivity index (χ4n) is 1.02. The third-order valence-corrected chi connectivity index (χ3v) is 2.62. The molecule has 0 unspecified atom stereocenters. The van der Waals surface area contributed by atoms with Gasteiger partial charge >= 0.3 is 5.97 Å². The Balaban J connectivity index is 2.50. The van der Waals surface area contributed by atoms with Crippen molar-refractivity contribution in [2.24, 2.45) is 0 Å². The quantitative estimate of drug-likeness (QED) is 0.436. The van der Waals surface area contributed by atoms with E-state index in [2.05, 4.69) is 0 Å². The van der Waals surface area contributed by atoms with E-state index >= 15 is 0 Å². The highest BCUT2D eigenvalue weighted by molar-refractivity contribution is 8.00. The molecule has 0 fully saturated rings. The number of benzene rings is 1. The summed E-state index contributed by atoms with van der Waals surface area (Å²) in [5.74, 6) is 0.0369. The van der Waals surface area contributed by atoms with Crippen molar-refractivity contribution in [1.29, 1.82) is 0 Å². The summed E-state index contributed by atoms with van der Waals surface area (Å²) in [4.78, 5) is 22.5. The maximum atomic E-state index is 11.1. The first-order chi connectivity index (χ1) is 7.26. The van der Waals surface area contributed by atoms with Gasteiger partial charge in [-0.2, -0.15) is 0 Å². The molecule has 0 radical (unpaired) electrons. The molecule has 0 bridgehead atoms. The summed E-state index contributed by atoms with van der Waals surface area (Å²) in [7, 11) is 0. The molecule has 0 saturated carbocycles. The lowest BCUT2D eigenvalue weighted by molar-refractivity contribution is -0.139. The number of hydrogen-bond acceptors (Lipinski definition) is 4. The van der Waals surface area contributed by atoms with Crippen molar-refractivity contribution < 1.29 is 14.3 Å². The lowest BCUT2D eigenvalue weighted by Gasteiger charge is -2.02. The number of hydrogen-bond donors (Lipinski definition) is 0. The van der Waals surface area contributed by atoms with Crippen molar-refractivity contribution in [1.82, 2.24) is 0 Å². The van der Waals surface area contributed by atoms with Crippen LogP contribution in [0, 0.1) is 0 Å². The molecule has 0 aliphatic carbocycles. The molecule has 0 atom stereocenters. The third kappa shape index (κ3) is 4.16. The van der Waals surface area contributed by atoms with Crippen molar-refractivity contribution in [3.05, 3.63) is 29.8 Å². The molecule has 0 N–H and O–H groups in total. The van der Waals surface area contributed by atoms with Crippen LogP contribution < -0.4 is 0 Å². The van der Waals surface area contributed by atoms with Crippen LogP contribution in [0.2, 0.25) is 0 Å². The van der Waals surface area contributed by atoms with E-state index in [0.717, 1.165) is 11.2 Å². The van der Waals surface area contributed by atoms with Crippen LogP contribution in [0.15, 0.2) is 29.2 Å². The van der Waals surface area contributed by atoms with Gasteiger partial charge in [0.2, 0.25) is 0 Å². The smallest absolute Gasteiger partial charge is 0.316 e. The van der Waals surface area contributed by atoms with Gasteiger partial charge < -0.3 is 4.74 Å². The van der Waals surface area contributed by atoms with E-state index in [0.29, 0.717) is 12.2 Å². The molecule has 0 amide bonds. The first-order valence-electron chi connectivity index (χ1n) is 4.60. The van der Waals surface area contributed by atoms with Gasteiger partial charge in [0.05, 0.1) is 12.4 Å². The van der Waals surface area contributed by atoms with Gasteiger partial charge in [0.25, 0.3) is 0 Å². The standard InChI is InChI=1S/C11H12O3S/c1-2-14-11(13)8-15-10-5-3-4-9(6-10)7-12/h3-7H,2,8H2,1H3. The van der Waals surface area contributed by atoms with Crippen molar-refractivity contribution in [3.8, 4) is 0 Å². The van der Waals surface area contributed by atoms with E-state index in [1.165, 1.54) is 11.8 Å². The molecular formula is C11H12O3S. The highest BCUT2D eigenvalue weighted by atomic mass is 32.2. The molecule has 0 saturated heterocycles. The van der Waals surface area contributed by atoms with Crippen LogP contribution in [0.25, 0.3) is 0 Å². The summed E-state index contributed by atoms with van der Waals surface area (Å²) in [5.41, 5.74) is 0.615. The second-order valence-electron chi connectivity index (χ2n) is 2.78. The van der Waals surface area contributed by atoms with Gasteiger partial charge in [0, 0.05) is 10.5 Å². The van der Waals surface area contributed by atoms with Crippen LogP contribution in [-0.2, 0) is 9.53 Å². The van der Waals surface area contributed by atoms with E-state index in [1.807, 2.05) is 6.07 Å². The Morgan fingerprint density at radius 3 is 3.00 bits per heavy atom. The fraction of sp³-hybridized carbons (Fsp3) is 0.273. The molecule has 0 spiro atoms. The predicted octanol–water partition coefficient (Wildman–Crippen LogP) is 2.15. The normalized spacial score (nSPS) is 9.67. The van der Waals surface area contributed by atoms with Crippen molar-refractivity contribution in [3.63, 3.8) is 0 Å². The summed E-state index contributed by atoms with van der Waals surface area (Å²) in [6, 6.07) is 7.12. The Labute approximate surface area is 92.8 Å². The molecule has 1 aromatic carbocycles. The van der Waals surface area contributed by atoms with Gasteiger partial charge in [-0.3, -0.25) is 9.59 Å². The second kappa shape index (κ2) is 6.24. The van der Waals surface area contributed by atoms with Gasteiger partial charge in [0.15, 0.2) is 0 Å². The van der Waals surface area contributed by atoms with Crippen LogP contribution in [0.1, 0.15) is 17.3 Å². The van der Waals surface area contributed by atoms with Gasteiger partial charge in [-0.25, -0.2) is 0 Å².